The summed E-state index contributed by atoms with van der Waals surface area (Å²) in [5, 5.41) is 1.51. The number of fused-ring (bicyclic) bond motifs is 3. The van der Waals surface area contributed by atoms with Gasteiger partial charge in [0.15, 0.2) is 0 Å². The molecule has 2 heterocycles. The van der Waals surface area contributed by atoms with E-state index in [0.717, 1.165) is 25.7 Å². The van der Waals surface area contributed by atoms with Gasteiger partial charge in [-0.05, 0) is 63.8 Å². The number of hydroxylamine groups is 2. The van der Waals surface area contributed by atoms with Crippen LogP contribution in [-0.4, -0.2) is 27.5 Å². The summed E-state index contributed by atoms with van der Waals surface area (Å²) in [5.41, 5.74) is 3.55. The van der Waals surface area contributed by atoms with E-state index in [1.54, 1.807) is 0 Å². The molecule has 0 fully saturated rings. The van der Waals surface area contributed by atoms with Crippen LogP contribution < -0.4 is 0 Å². The van der Waals surface area contributed by atoms with Crippen molar-refractivity contribution in [1.82, 2.24) is 9.46 Å². The fraction of sp³-hybridized carbons (Fsp3) is 0.471. The third kappa shape index (κ3) is 2.81. The van der Waals surface area contributed by atoms with E-state index in [1.807, 2.05) is 20.8 Å². The molecule has 112 valence electrons. The average molecular weight is 286 g/mol. The van der Waals surface area contributed by atoms with Gasteiger partial charge < -0.3 is 4.40 Å². The quantitative estimate of drug-likeness (QED) is 0.642. The van der Waals surface area contributed by atoms with Crippen LogP contribution in [0.15, 0.2) is 30.5 Å². The monoisotopic (exact) mass is 286 g/mol. The van der Waals surface area contributed by atoms with Crippen molar-refractivity contribution in [3.63, 3.8) is 0 Å². The maximum Gasteiger partial charge on any atom is 0.233 e. The van der Waals surface area contributed by atoms with Gasteiger partial charge in [0.05, 0.1) is 11.6 Å². The van der Waals surface area contributed by atoms with E-state index in [2.05, 4.69) is 34.9 Å². The molecule has 1 aliphatic rings. The SMILES string of the molecule is CC(C)(C)ON(C=O)C1CCc2c(cc3ccccn23)C1. The minimum atomic E-state index is -0.354. The van der Waals surface area contributed by atoms with E-state index in [4.69, 9.17) is 4.84 Å². The first-order chi connectivity index (χ1) is 9.98. The fourth-order valence-electron chi connectivity index (χ4n) is 3.07. The lowest BCUT2D eigenvalue weighted by atomic mass is 9.93. The molecular formula is C17H22N2O2. The van der Waals surface area contributed by atoms with Crippen LogP contribution in [0.4, 0.5) is 0 Å². The standard InChI is InChI=1S/C17H22N2O2/c1-17(2,3)21-19(12-20)15-7-8-16-13(11-15)10-14-6-4-5-9-18(14)16/h4-6,9-10,12,15H,7-8,11H2,1-3H3. The van der Waals surface area contributed by atoms with Gasteiger partial charge in [0.1, 0.15) is 0 Å². The molecule has 0 bridgehead atoms. The number of hydrogen-bond acceptors (Lipinski definition) is 2. The Bertz CT molecular complexity index is 654. The van der Waals surface area contributed by atoms with Crippen molar-refractivity contribution in [3.05, 3.63) is 41.7 Å². The van der Waals surface area contributed by atoms with Gasteiger partial charge in [-0.15, -0.1) is 0 Å². The van der Waals surface area contributed by atoms with Gasteiger partial charge in [-0.2, -0.15) is 0 Å². The molecule has 0 saturated heterocycles. The average Bonchev–Trinajstić information content (AvgIpc) is 2.81. The Morgan fingerprint density at radius 2 is 2.19 bits per heavy atom. The molecule has 0 spiro atoms. The molecule has 1 amide bonds. The first-order valence-electron chi connectivity index (χ1n) is 7.48. The Balaban J connectivity index is 1.85. The van der Waals surface area contributed by atoms with Gasteiger partial charge in [0, 0.05) is 17.4 Å². The maximum atomic E-state index is 11.4. The van der Waals surface area contributed by atoms with Crippen LogP contribution in [0.1, 0.15) is 38.4 Å². The van der Waals surface area contributed by atoms with Crippen LogP contribution in [0, 0.1) is 0 Å². The maximum absolute atomic E-state index is 11.4. The number of aryl methyl sites for hydroxylation is 1. The normalized spacial score (nSPS) is 18.5. The first-order valence-corrected chi connectivity index (χ1v) is 7.48. The lowest BCUT2D eigenvalue weighted by Gasteiger charge is -2.35. The Labute approximate surface area is 125 Å². The molecule has 0 N–H and O–H groups in total. The van der Waals surface area contributed by atoms with Gasteiger partial charge in [0.25, 0.3) is 0 Å². The van der Waals surface area contributed by atoms with Gasteiger partial charge in [-0.1, -0.05) is 6.07 Å². The van der Waals surface area contributed by atoms with Crippen molar-refractivity contribution >= 4 is 11.9 Å². The molecule has 0 aromatic carbocycles. The van der Waals surface area contributed by atoms with Crippen molar-refractivity contribution in [2.45, 2.75) is 51.7 Å². The smallest absolute Gasteiger partial charge is 0.233 e. The van der Waals surface area contributed by atoms with Crippen LogP contribution >= 0.6 is 0 Å². The molecule has 3 rings (SSSR count). The van der Waals surface area contributed by atoms with Crippen LogP contribution in [-0.2, 0) is 22.5 Å². The van der Waals surface area contributed by atoms with Crippen LogP contribution in [0.25, 0.3) is 5.52 Å². The lowest BCUT2D eigenvalue weighted by molar-refractivity contribution is -0.233. The van der Waals surface area contributed by atoms with E-state index in [9.17, 15) is 4.79 Å². The summed E-state index contributed by atoms with van der Waals surface area (Å²) in [6.07, 6.45) is 5.68. The zero-order chi connectivity index (χ0) is 15.0. The number of nitrogens with zero attached hydrogens (tertiary/aromatic N) is 2. The van der Waals surface area contributed by atoms with Gasteiger partial charge in [-0.3, -0.25) is 9.63 Å². The fourth-order valence-corrected chi connectivity index (χ4v) is 3.07. The molecule has 0 aliphatic heterocycles. The van der Waals surface area contributed by atoms with Gasteiger partial charge >= 0.3 is 0 Å². The molecule has 4 nitrogen and oxygen atoms in total. The highest BCUT2D eigenvalue weighted by Crippen LogP contribution is 2.28. The zero-order valence-electron chi connectivity index (χ0n) is 12.9. The molecule has 1 atom stereocenters. The zero-order valence-corrected chi connectivity index (χ0v) is 12.9. The van der Waals surface area contributed by atoms with E-state index in [1.165, 1.54) is 21.8 Å². The lowest BCUT2D eigenvalue weighted by Crippen LogP contribution is -2.43. The summed E-state index contributed by atoms with van der Waals surface area (Å²) in [4.78, 5) is 17.1. The van der Waals surface area contributed by atoms with Crippen molar-refractivity contribution in [2.75, 3.05) is 0 Å². The highest BCUT2D eigenvalue weighted by molar-refractivity contribution is 5.55. The van der Waals surface area contributed by atoms with E-state index in [0.29, 0.717) is 0 Å². The summed E-state index contributed by atoms with van der Waals surface area (Å²) in [6.45, 7) is 5.89. The minimum absolute atomic E-state index is 0.117. The summed E-state index contributed by atoms with van der Waals surface area (Å²) in [6, 6.07) is 8.57. The van der Waals surface area contributed by atoms with Crippen molar-refractivity contribution in [2.24, 2.45) is 0 Å². The van der Waals surface area contributed by atoms with Crippen LogP contribution in [0.2, 0.25) is 0 Å². The summed E-state index contributed by atoms with van der Waals surface area (Å²) < 4.78 is 2.25. The molecular weight excluding hydrogens is 264 g/mol. The molecule has 0 radical (unpaired) electrons. The predicted octanol–water partition coefficient (Wildman–Crippen LogP) is 2.99. The Morgan fingerprint density at radius 3 is 2.90 bits per heavy atom. The van der Waals surface area contributed by atoms with Gasteiger partial charge in [0.2, 0.25) is 6.41 Å². The van der Waals surface area contributed by atoms with Crippen molar-refractivity contribution in [3.8, 4) is 0 Å². The van der Waals surface area contributed by atoms with Crippen molar-refractivity contribution in [1.29, 1.82) is 0 Å². The number of amides is 1. The van der Waals surface area contributed by atoms with E-state index in [-0.39, 0.29) is 11.6 Å². The predicted molar refractivity (Wildman–Crippen MR) is 82.0 cm³/mol. The molecule has 2 aromatic heterocycles. The molecule has 4 heteroatoms. The molecule has 21 heavy (non-hydrogen) atoms. The summed E-state index contributed by atoms with van der Waals surface area (Å²) in [7, 11) is 0. The number of carbonyl (C=O) groups excluding carboxylic acids is 1. The highest BCUT2D eigenvalue weighted by atomic mass is 16.7. The van der Waals surface area contributed by atoms with Crippen LogP contribution in [0.3, 0.4) is 0 Å². The van der Waals surface area contributed by atoms with Crippen molar-refractivity contribution < 1.29 is 9.63 Å². The molecule has 2 aromatic rings. The Kier molecular flexibility index (Phi) is 3.49. The third-order valence-electron chi connectivity index (χ3n) is 3.89. The number of pyridine rings is 1. The summed E-state index contributed by atoms with van der Waals surface area (Å²) in [5.74, 6) is 0. The number of hydrogen-bond donors (Lipinski definition) is 0. The third-order valence-corrected chi connectivity index (χ3v) is 3.89. The largest absolute Gasteiger partial charge is 0.321 e. The minimum Gasteiger partial charge on any atom is -0.321 e. The summed E-state index contributed by atoms with van der Waals surface area (Å²) >= 11 is 0. The second-order valence-electron chi connectivity index (χ2n) is 6.68. The van der Waals surface area contributed by atoms with Gasteiger partial charge in [-0.25, -0.2) is 5.06 Å². The van der Waals surface area contributed by atoms with E-state index < -0.39 is 0 Å². The molecule has 1 aliphatic carbocycles. The first kappa shape index (κ1) is 14.1. The highest BCUT2D eigenvalue weighted by Gasteiger charge is 2.29. The second kappa shape index (κ2) is 5.19. The molecule has 1 unspecified atom stereocenters. The molecule has 0 saturated carbocycles. The van der Waals surface area contributed by atoms with Crippen LogP contribution in [0.5, 0.6) is 0 Å². The topological polar surface area (TPSA) is 34.0 Å². The number of rotatable bonds is 3. The van der Waals surface area contributed by atoms with E-state index >= 15 is 0 Å². The Morgan fingerprint density at radius 1 is 1.38 bits per heavy atom. The number of carbonyl (C=O) groups is 1. The second-order valence-corrected chi connectivity index (χ2v) is 6.68. The Hall–Kier alpha value is -1.81. The number of aromatic nitrogens is 1.